The number of pyridine rings is 1. The highest BCUT2D eigenvalue weighted by Gasteiger charge is 2.30. The Labute approximate surface area is 114 Å². The van der Waals surface area contributed by atoms with Crippen LogP contribution in [0.5, 0.6) is 0 Å². The van der Waals surface area contributed by atoms with Crippen LogP contribution in [0.15, 0.2) is 24.5 Å². The van der Waals surface area contributed by atoms with E-state index in [2.05, 4.69) is 20.5 Å². The molecule has 2 N–H and O–H groups in total. The van der Waals surface area contributed by atoms with Gasteiger partial charge in [-0.3, -0.25) is 5.10 Å². The van der Waals surface area contributed by atoms with Crippen LogP contribution in [-0.2, 0) is 12.6 Å². The molecule has 0 saturated heterocycles. The van der Waals surface area contributed by atoms with Crippen LogP contribution in [0.1, 0.15) is 23.2 Å². The lowest BCUT2D eigenvalue weighted by Gasteiger charge is -2.09. The summed E-state index contributed by atoms with van der Waals surface area (Å²) < 4.78 is 37.6. The molecule has 20 heavy (non-hydrogen) atoms. The van der Waals surface area contributed by atoms with E-state index in [0.29, 0.717) is 6.54 Å². The summed E-state index contributed by atoms with van der Waals surface area (Å²) in [7, 11) is 0. The number of halogens is 3. The Morgan fingerprint density at radius 1 is 1.35 bits per heavy atom. The van der Waals surface area contributed by atoms with Crippen LogP contribution >= 0.6 is 0 Å². The number of aryl methyl sites for hydroxylation is 2. The molecule has 0 unspecified atom stereocenters. The lowest BCUT2D eigenvalue weighted by Crippen LogP contribution is -2.09. The van der Waals surface area contributed by atoms with E-state index in [0.717, 1.165) is 42.4 Å². The first kappa shape index (κ1) is 14.4. The van der Waals surface area contributed by atoms with Gasteiger partial charge in [0.2, 0.25) is 0 Å². The zero-order chi connectivity index (χ0) is 14.6. The van der Waals surface area contributed by atoms with Crippen LogP contribution in [0.25, 0.3) is 0 Å². The molecule has 0 aliphatic carbocycles. The van der Waals surface area contributed by atoms with Gasteiger partial charge in [-0.2, -0.15) is 18.3 Å². The molecule has 0 radical (unpaired) electrons. The van der Waals surface area contributed by atoms with Crippen LogP contribution in [-0.4, -0.2) is 21.7 Å². The second-order valence-electron chi connectivity index (χ2n) is 4.48. The van der Waals surface area contributed by atoms with Crippen molar-refractivity contribution in [2.45, 2.75) is 25.9 Å². The molecule has 2 aromatic rings. The summed E-state index contributed by atoms with van der Waals surface area (Å²) in [4.78, 5) is 3.88. The third-order valence-corrected chi connectivity index (χ3v) is 2.95. The summed E-state index contributed by atoms with van der Waals surface area (Å²) in [5, 5.41) is 9.66. The van der Waals surface area contributed by atoms with Gasteiger partial charge in [0, 0.05) is 18.4 Å². The number of nitrogens with one attached hydrogen (secondary N) is 2. The van der Waals surface area contributed by atoms with Gasteiger partial charge in [-0.15, -0.1) is 0 Å². The minimum Gasteiger partial charge on any atom is -0.370 e. The van der Waals surface area contributed by atoms with Gasteiger partial charge in [0.05, 0.1) is 11.8 Å². The van der Waals surface area contributed by atoms with Crippen molar-refractivity contribution in [2.24, 2.45) is 0 Å². The van der Waals surface area contributed by atoms with E-state index in [4.69, 9.17) is 0 Å². The topological polar surface area (TPSA) is 53.6 Å². The van der Waals surface area contributed by atoms with Crippen LogP contribution in [0.4, 0.5) is 19.0 Å². The Morgan fingerprint density at radius 3 is 2.80 bits per heavy atom. The smallest absolute Gasteiger partial charge is 0.370 e. The lowest BCUT2D eigenvalue weighted by molar-refractivity contribution is -0.137. The fourth-order valence-electron chi connectivity index (χ4n) is 1.83. The average molecular weight is 284 g/mol. The van der Waals surface area contributed by atoms with Crippen molar-refractivity contribution < 1.29 is 13.2 Å². The van der Waals surface area contributed by atoms with Crippen molar-refractivity contribution in [1.82, 2.24) is 15.2 Å². The number of aromatic nitrogens is 3. The summed E-state index contributed by atoms with van der Waals surface area (Å²) in [6.07, 6.45) is 0.184. The Balaban J connectivity index is 1.84. The predicted octanol–water partition coefficient (Wildman–Crippen LogP) is 3.18. The summed E-state index contributed by atoms with van der Waals surface area (Å²) in [5.74, 6) is 0.240. The number of nitrogens with zero attached hydrogens (tertiary/aromatic N) is 2. The molecule has 4 nitrogen and oxygen atoms in total. The first-order valence-electron chi connectivity index (χ1n) is 6.23. The lowest BCUT2D eigenvalue weighted by atomic mass is 10.1. The summed E-state index contributed by atoms with van der Waals surface area (Å²) in [6.45, 7) is 2.49. The minimum atomic E-state index is -4.34. The SMILES string of the molecule is Cc1[nH]ncc1CCCNc1cc(C(F)(F)F)ccn1. The molecule has 0 aromatic carbocycles. The van der Waals surface area contributed by atoms with Gasteiger partial charge in [-0.25, -0.2) is 4.98 Å². The highest BCUT2D eigenvalue weighted by Crippen LogP contribution is 2.29. The maximum atomic E-state index is 12.5. The number of hydrogen-bond acceptors (Lipinski definition) is 3. The van der Waals surface area contributed by atoms with Gasteiger partial charge in [0.15, 0.2) is 0 Å². The minimum absolute atomic E-state index is 0.240. The standard InChI is InChI=1S/C13H15F3N4/c1-9-10(8-19-20-9)3-2-5-17-12-7-11(4-6-18-12)13(14,15)16/h4,6-8H,2-3,5H2,1H3,(H,17,18)(H,19,20). The van der Waals surface area contributed by atoms with Crippen molar-refractivity contribution in [1.29, 1.82) is 0 Å². The second-order valence-corrected chi connectivity index (χ2v) is 4.48. The predicted molar refractivity (Wildman–Crippen MR) is 69.4 cm³/mol. The zero-order valence-corrected chi connectivity index (χ0v) is 11.0. The maximum Gasteiger partial charge on any atom is 0.416 e. The molecule has 2 aromatic heterocycles. The van der Waals surface area contributed by atoms with Crippen LogP contribution in [0.2, 0.25) is 0 Å². The molecule has 2 heterocycles. The molecule has 108 valence electrons. The maximum absolute atomic E-state index is 12.5. The third kappa shape index (κ3) is 3.72. The monoisotopic (exact) mass is 284 g/mol. The molecule has 7 heteroatoms. The van der Waals surface area contributed by atoms with Gasteiger partial charge in [0.1, 0.15) is 5.82 Å². The first-order chi connectivity index (χ1) is 9.47. The van der Waals surface area contributed by atoms with E-state index >= 15 is 0 Å². The first-order valence-corrected chi connectivity index (χ1v) is 6.23. The fraction of sp³-hybridized carbons (Fsp3) is 0.385. The fourth-order valence-corrected chi connectivity index (χ4v) is 1.83. The van der Waals surface area contributed by atoms with Gasteiger partial charge in [-0.1, -0.05) is 0 Å². The second kappa shape index (κ2) is 5.94. The van der Waals surface area contributed by atoms with Crippen molar-refractivity contribution in [3.63, 3.8) is 0 Å². The van der Waals surface area contributed by atoms with Crippen LogP contribution in [0.3, 0.4) is 0 Å². The Hall–Kier alpha value is -2.05. The Bertz CT molecular complexity index is 563. The molecule has 0 bridgehead atoms. The molecule has 0 saturated carbocycles. The molecule has 0 aliphatic heterocycles. The van der Waals surface area contributed by atoms with E-state index in [1.165, 1.54) is 0 Å². The molecule has 0 atom stereocenters. The van der Waals surface area contributed by atoms with Gasteiger partial charge >= 0.3 is 6.18 Å². The Morgan fingerprint density at radius 2 is 2.15 bits per heavy atom. The highest BCUT2D eigenvalue weighted by molar-refractivity contribution is 5.38. The summed E-state index contributed by atoms with van der Waals surface area (Å²) >= 11 is 0. The van der Waals surface area contributed by atoms with Gasteiger partial charge in [-0.05, 0) is 37.5 Å². The number of hydrogen-bond donors (Lipinski definition) is 2. The molecule has 0 aliphatic rings. The number of anilines is 1. The highest BCUT2D eigenvalue weighted by atomic mass is 19.4. The summed E-state index contributed by atoms with van der Waals surface area (Å²) in [6, 6.07) is 1.98. The molecular formula is C13H15F3N4. The normalized spacial score (nSPS) is 11.6. The molecule has 0 amide bonds. The van der Waals surface area contributed by atoms with E-state index in [1.54, 1.807) is 6.20 Å². The molecule has 0 fully saturated rings. The number of rotatable bonds is 5. The van der Waals surface area contributed by atoms with Crippen molar-refractivity contribution >= 4 is 5.82 Å². The van der Waals surface area contributed by atoms with E-state index < -0.39 is 11.7 Å². The quantitative estimate of drug-likeness (QED) is 0.829. The van der Waals surface area contributed by atoms with E-state index in [9.17, 15) is 13.2 Å². The number of aromatic amines is 1. The van der Waals surface area contributed by atoms with Crippen molar-refractivity contribution in [3.05, 3.63) is 41.3 Å². The van der Waals surface area contributed by atoms with E-state index in [-0.39, 0.29) is 5.82 Å². The number of alkyl halides is 3. The zero-order valence-electron chi connectivity index (χ0n) is 11.0. The van der Waals surface area contributed by atoms with Crippen molar-refractivity contribution in [2.75, 3.05) is 11.9 Å². The average Bonchev–Trinajstić information content (AvgIpc) is 2.80. The third-order valence-electron chi connectivity index (χ3n) is 2.95. The summed E-state index contributed by atoms with van der Waals surface area (Å²) in [5.41, 5.74) is 1.44. The van der Waals surface area contributed by atoms with Crippen LogP contribution in [0, 0.1) is 6.92 Å². The van der Waals surface area contributed by atoms with Crippen LogP contribution < -0.4 is 5.32 Å². The Kier molecular flexibility index (Phi) is 4.26. The van der Waals surface area contributed by atoms with Crippen molar-refractivity contribution in [3.8, 4) is 0 Å². The molecule has 0 spiro atoms. The molecule has 2 rings (SSSR count). The van der Waals surface area contributed by atoms with Gasteiger partial charge in [0.25, 0.3) is 0 Å². The number of H-pyrrole nitrogens is 1. The largest absolute Gasteiger partial charge is 0.416 e. The van der Waals surface area contributed by atoms with Gasteiger partial charge < -0.3 is 5.32 Å². The van der Waals surface area contributed by atoms with E-state index in [1.807, 2.05) is 6.92 Å². The molecular weight excluding hydrogens is 269 g/mol.